The first-order valence-corrected chi connectivity index (χ1v) is 8.88. The summed E-state index contributed by atoms with van der Waals surface area (Å²) >= 11 is 0. The summed E-state index contributed by atoms with van der Waals surface area (Å²) < 4.78 is 15.8. The highest BCUT2D eigenvalue weighted by molar-refractivity contribution is 5.98. The lowest BCUT2D eigenvalue weighted by Gasteiger charge is -2.12. The van der Waals surface area contributed by atoms with E-state index in [1.165, 1.54) is 42.5 Å². The van der Waals surface area contributed by atoms with Gasteiger partial charge in [-0.1, -0.05) is 42.5 Å². The molecule has 4 rings (SSSR count). The number of benzene rings is 3. The lowest BCUT2D eigenvalue weighted by molar-refractivity contribution is 0.0678. The van der Waals surface area contributed by atoms with E-state index >= 15 is 0 Å². The summed E-state index contributed by atoms with van der Waals surface area (Å²) in [7, 11) is 0. The summed E-state index contributed by atoms with van der Waals surface area (Å²) in [5.74, 6) is -2.86. The Morgan fingerprint density at radius 2 is 1.23 bits per heavy atom. The molecule has 0 fully saturated rings. The zero-order chi connectivity index (χ0) is 21.1. The Bertz CT molecular complexity index is 1290. The first-order valence-electron chi connectivity index (χ1n) is 8.88. The zero-order valence-electron chi connectivity index (χ0n) is 15.4. The second kappa shape index (κ2) is 7.92. The number of ether oxygens (including phenoxy) is 2. The molecule has 0 aliphatic rings. The van der Waals surface area contributed by atoms with Gasteiger partial charge in [-0.3, -0.25) is 0 Å². The zero-order valence-corrected chi connectivity index (χ0v) is 15.4. The van der Waals surface area contributed by atoms with Gasteiger partial charge in [-0.05, 0) is 36.4 Å². The molecule has 1 aromatic heterocycles. The van der Waals surface area contributed by atoms with E-state index < -0.39 is 23.3 Å². The Morgan fingerprint density at radius 3 is 1.80 bits per heavy atom. The van der Waals surface area contributed by atoms with Crippen LogP contribution in [-0.2, 0) is 0 Å². The number of phenols is 1. The molecule has 148 valence electrons. The van der Waals surface area contributed by atoms with Crippen LogP contribution in [0.1, 0.15) is 20.7 Å². The van der Waals surface area contributed by atoms with Crippen molar-refractivity contribution in [3.63, 3.8) is 0 Å². The van der Waals surface area contributed by atoms with E-state index in [1.54, 1.807) is 36.4 Å². The van der Waals surface area contributed by atoms with Crippen molar-refractivity contribution >= 4 is 22.9 Å². The van der Waals surface area contributed by atoms with Gasteiger partial charge in [-0.25, -0.2) is 14.4 Å². The molecule has 0 unspecified atom stereocenters. The number of hydrogen-bond acceptors (Lipinski definition) is 7. The van der Waals surface area contributed by atoms with Gasteiger partial charge in [-0.15, -0.1) is 0 Å². The molecule has 30 heavy (non-hydrogen) atoms. The van der Waals surface area contributed by atoms with Gasteiger partial charge in [0.15, 0.2) is 17.1 Å². The molecule has 0 aliphatic heterocycles. The highest BCUT2D eigenvalue weighted by Gasteiger charge is 2.25. The van der Waals surface area contributed by atoms with Crippen LogP contribution < -0.4 is 15.1 Å². The number of hydrogen-bond donors (Lipinski definition) is 1. The third kappa shape index (κ3) is 3.64. The lowest BCUT2D eigenvalue weighted by atomic mass is 10.2. The van der Waals surface area contributed by atoms with Crippen LogP contribution in [0.25, 0.3) is 11.0 Å². The van der Waals surface area contributed by atoms with E-state index in [-0.39, 0.29) is 33.6 Å². The Hall–Kier alpha value is -4.39. The van der Waals surface area contributed by atoms with Crippen molar-refractivity contribution < 1.29 is 28.6 Å². The smallest absolute Gasteiger partial charge is 0.383 e. The molecule has 0 radical (unpaired) electrons. The van der Waals surface area contributed by atoms with Gasteiger partial charge in [0.2, 0.25) is 0 Å². The second-order valence-electron chi connectivity index (χ2n) is 6.21. The normalized spacial score (nSPS) is 10.5. The number of phenolic OH excluding ortho intramolecular Hbond substituents is 1. The van der Waals surface area contributed by atoms with Crippen molar-refractivity contribution in [2.45, 2.75) is 0 Å². The third-order valence-electron chi connectivity index (χ3n) is 4.23. The van der Waals surface area contributed by atoms with Gasteiger partial charge in [0, 0.05) is 0 Å². The predicted molar refractivity (Wildman–Crippen MR) is 107 cm³/mol. The summed E-state index contributed by atoms with van der Waals surface area (Å²) in [6.07, 6.45) is 0. The molecule has 4 aromatic rings. The molecule has 0 spiro atoms. The average molecular weight is 402 g/mol. The van der Waals surface area contributed by atoms with Crippen LogP contribution in [0.5, 0.6) is 17.2 Å². The molecule has 0 bridgehead atoms. The number of carbonyl (C=O) groups is 2. The van der Waals surface area contributed by atoms with Crippen LogP contribution in [0, 0.1) is 0 Å². The number of fused-ring (bicyclic) bond motifs is 1. The topological polar surface area (TPSA) is 103 Å². The van der Waals surface area contributed by atoms with Crippen LogP contribution in [-0.4, -0.2) is 17.0 Å². The first kappa shape index (κ1) is 18.9. The Labute approximate surface area is 169 Å². The van der Waals surface area contributed by atoms with E-state index in [1.807, 2.05) is 0 Å². The quantitative estimate of drug-likeness (QED) is 0.407. The average Bonchev–Trinajstić information content (AvgIpc) is 2.78. The predicted octanol–water partition coefficient (Wildman–Crippen LogP) is 3.94. The van der Waals surface area contributed by atoms with Crippen molar-refractivity contribution in [1.82, 2.24) is 0 Å². The Balaban J connectivity index is 1.83. The minimum Gasteiger partial charge on any atom is -0.504 e. The van der Waals surface area contributed by atoms with Gasteiger partial charge in [0.1, 0.15) is 0 Å². The molecule has 0 aliphatic carbocycles. The lowest BCUT2D eigenvalue weighted by Crippen LogP contribution is -2.18. The van der Waals surface area contributed by atoms with Crippen LogP contribution in [0.2, 0.25) is 0 Å². The van der Waals surface area contributed by atoms with Crippen molar-refractivity contribution in [1.29, 1.82) is 0 Å². The molecule has 0 atom stereocenters. The van der Waals surface area contributed by atoms with Crippen molar-refractivity contribution in [2.24, 2.45) is 0 Å². The highest BCUT2D eigenvalue weighted by Crippen LogP contribution is 2.37. The highest BCUT2D eigenvalue weighted by atomic mass is 16.6. The van der Waals surface area contributed by atoms with Crippen LogP contribution in [0.4, 0.5) is 0 Å². The molecule has 0 saturated carbocycles. The largest absolute Gasteiger partial charge is 0.504 e. The third-order valence-corrected chi connectivity index (χ3v) is 4.23. The summed E-state index contributed by atoms with van der Waals surface area (Å²) in [5.41, 5.74) is -0.866. The van der Waals surface area contributed by atoms with Gasteiger partial charge >= 0.3 is 17.6 Å². The summed E-state index contributed by atoms with van der Waals surface area (Å²) in [5, 5.41) is 10.1. The number of carbonyl (C=O) groups excluding carboxylic acids is 2. The van der Waals surface area contributed by atoms with Crippen molar-refractivity contribution in [2.75, 3.05) is 0 Å². The van der Waals surface area contributed by atoms with Gasteiger partial charge in [-0.2, -0.15) is 0 Å². The molecule has 1 N–H and O–H groups in total. The van der Waals surface area contributed by atoms with Gasteiger partial charge in [0.25, 0.3) is 5.75 Å². The standard InChI is InChI=1S/C23H14O7/c24-17-13-7-12-16-18(17)28-23(27)20(30-22(26)15-10-5-2-6-11-15)19(16)29-21(25)14-8-3-1-4-9-14/h1-13,24H. The van der Waals surface area contributed by atoms with Crippen LogP contribution in [0.15, 0.2) is 88.1 Å². The molecule has 0 amide bonds. The fourth-order valence-electron chi connectivity index (χ4n) is 2.81. The van der Waals surface area contributed by atoms with E-state index in [0.717, 1.165) is 0 Å². The maximum absolute atomic E-state index is 12.6. The van der Waals surface area contributed by atoms with Crippen LogP contribution in [0.3, 0.4) is 0 Å². The molecule has 7 heteroatoms. The molecular weight excluding hydrogens is 388 g/mol. The molecule has 1 heterocycles. The van der Waals surface area contributed by atoms with Crippen LogP contribution >= 0.6 is 0 Å². The molecule has 0 saturated heterocycles. The van der Waals surface area contributed by atoms with E-state index in [4.69, 9.17) is 13.9 Å². The summed E-state index contributed by atoms with van der Waals surface area (Å²) in [6.45, 7) is 0. The first-order chi connectivity index (χ1) is 14.5. The number of aromatic hydroxyl groups is 1. The van der Waals surface area contributed by atoms with Gasteiger partial charge < -0.3 is 19.0 Å². The maximum Gasteiger partial charge on any atom is 0.383 e. The molecule has 7 nitrogen and oxygen atoms in total. The number of rotatable bonds is 4. The van der Waals surface area contributed by atoms with E-state index in [9.17, 15) is 19.5 Å². The maximum atomic E-state index is 12.6. The second-order valence-corrected chi connectivity index (χ2v) is 6.21. The minimum atomic E-state index is -1.08. The SMILES string of the molecule is O=C(Oc1c(OC(=O)c2ccccc2)c2cccc(O)c2oc1=O)c1ccccc1. The molecule has 3 aromatic carbocycles. The van der Waals surface area contributed by atoms with E-state index in [0.29, 0.717) is 0 Å². The molecular formula is C23H14O7. The van der Waals surface area contributed by atoms with E-state index in [2.05, 4.69) is 0 Å². The minimum absolute atomic E-state index is 0.0924. The van der Waals surface area contributed by atoms with Gasteiger partial charge in [0.05, 0.1) is 16.5 Å². The summed E-state index contributed by atoms with van der Waals surface area (Å²) in [4.78, 5) is 37.6. The van der Waals surface area contributed by atoms with Crippen molar-refractivity contribution in [3.05, 3.63) is 100 Å². The fraction of sp³-hybridized carbons (Fsp3) is 0. The number of para-hydroxylation sites is 1. The Kier molecular flexibility index (Phi) is 5.00. The number of esters is 2. The summed E-state index contributed by atoms with van der Waals surface area (Å²) in [6, 6.07) is 20.3. The van der Waals surface area contributed by atoms with Crippen molar-refractivity contribution in [3.8, 4) is 17.2 Å². The Morgan fingerprint density at radius 1 is 0.700 bits per heavy atom. The fourth-order valence-corrected chi connectivity index (χ4v) is 2.81. The monoisotopic (exact) mass is 402 g/mol.